The van der Waals surface area contributed by atoms with Gasteiger partial charge in [-0.3, -0.25) is 14.4 Å². The molecule has 5 saturated carbocycles. The fourth-order valence-electron chi connectivity index (χ4n) is 11.1. The molecule has 5 unspecified atom stereocenters. The van der Waals surface area contributed by atoms with Gasteiger partial charge in [-0.25, -0.2) is 0 Å². The topological polar surface area (TPSA) is 116 Å². The summed E-state index contributed by atoms with van der Waals surface area (Å²) < 4.78 is 17.4. The van der Waals surface area contributed by atoms with E-state index in [0.29, 0.717) is 32.1 Å². The molecule has 6 rings (SSSR count). The molecule has 10 atom stereocenters. The minimum Gasteiger partial charge on any atom is -0.469 e. The van der Waals surface area contributed by atoms with Crippen LogP contribution in [0.15, 0.2) is 0 Å². The molecule has 5 aliphatic carbocycles. The first kappa shape index (κ1) is 33.2. The highest BCUT2D eigenvalue weighted by molar-refractivity contribution is 5.69. The smallest absolute Gasteiger partial charge is 0.305 e. The molecule has 0 aromatic heterocycles. The van der Waals surface area contributed by atoms with E-state index in [-0.39, 0.29) is 76.5 Å². The summed E-state index contributed by atoms with van der Waals surface area (Å²) in [5, 5.41) is 0. The van der Waals surface area contributed by atoms with Crippen molar-refractivity contribution in [1.82, 2.24) is 0 Å². The lowest BCUT2D eigenvalue weighted by atomic mass is 9.42. The van der Waals surface area contributed by atoms with Gasteiger partial charge in [-0.2, -0.15) is 19.6 Å². The molecule has 6 aliphatic rings. The SMILES string of the molecule is COC(=O)CCC(C)[C@H]1CCC2C3C(OC(C)=O)C[C@@H]4CC5(CC[C@]4(C)C3C[C@H](OC(C)=O)[C@@]21C)OOC1(CCCCC1)OO5. The Balaban J connectivity index is 1.28. The average Bonchev–Trinajstić information content (AvgIpc) is 3.37. The molecule has 10 nitrogen and oxygen atoms in total. The normalized spacial score (nSPS) is 42.1. The Hall–Kier alpha value is -1.75. The first-order chi connectivity index (χ1) is 21.3. The Bertz CT molecular complexity index is 1120. The van der Waals surface area contributed by atoms with Gasteiger partial charge in [0.15, 0.2) is 0 Å². The lowest BCUT2D eigenvalue weighted by Gasteiger charge is -2.65. The number of hydrogen-bond acceptors (Lipinski definition) is 10. The summed E-state index contributed by atoms with van der Waals surface area (Å²) >= 11 is 0. The summed E-state index contributed by atoms with van der Waals surface area (Å²) in [5.74, 6) is -1.37. The lowest BCUT2D eigenvalue weighted by Crippen LogP contribution is -2.65. The third-order valence-electron chi connectivity index (χ3n) is 13.5. The summed E-state index contributed by atoms with van der Waals surface area (Å²) in [5.41, 5.74) is -0.404. The van der Waals surface area contributed by atoms with Crippen LogP contribution in [0.4, 0.5) is 0 Å². The zero-order valence-corrected chi connectivity index (χ0v) is 28.1. The van der Waals surface area contributed by atoms with Crippen molar-refractivity contribution in [2.24, 2.45) is 46.3 Å². The summed E-state index contributed by atoms with van der Waals surface area (Å²) in [4.78, 5) is 61.5. The van der Waals surface area contributed by atoms with Crippen molar-refractivity contribution >= 4 is 17.9 Å². The van der Waals surface area contributed by atoms with Crippen LogP contribution in [0.5, 0.6) is 0 Å². The Morgan fingerprint density at radius 1 is 0.822 bits per heavy atom. The second-order valence-corrected chi connectivity index (χ2v) is 15.8. The minimum atomic E-state index is -0.994. The van der Waals surface area contributed by atoms with Crippen LogP contribution in [0.3, 0.4) is 0 Å². The van der Waals surface area contributed by atoms with Gasteiger partial charge in [-0.05, 0) is 86.4 Å². The number of methoxy groups -OCH3 is 1. The van der Waals surface area contributed by atoms with Crippen molar-refractivity contribution in [3.8, 4) is 0 Å². The maximum absolute atomic E-state index is 12.6. The molecule has 0 aromatic carbocycles. The van der Waals surface area contributed by atoms with Crippen molar-refractivity contribution in [3.05, 3.63) is 0 Å². The molecule has 10 heteroatoms. The monoisotopic (exact) mass is 634 g/mol. The van der Waals surface area contributed by atoms with Crippen LogP contribution in [0, 0.1) is 46.3 Å². The predicted octanol–water partition coefficient (Wildman–Crippen LogP) is 6.58. The van der Waals surface area contributed by atoms with Gasteiger partial charge in [0.05, 0.1) is 7.11 Å². The molecule has 0 aromatic rings. The van der Waals surface area contributed by atoms with Crippen molar-refractivity contribution < 1.29 is 48.1 Å². The first-order valence-electron chi connectivity index (χ1n) is 17.5. The van der Waals surface area contributed by atoms with E-state index in [0.717, 1.165) is 57.8 Å². The van der Waals surface area contributed by atoms with Gasteiger partial charge in [-0.15, -0.1) is 0 Å². The Kier molecular flexibility index (Phi) is 9.11. The quantitative estimate of drug-likeness (QED) is 0.180. The number of carbonyl (C=O) groups is 3. The van der Waals surface area contributed by atoms with Crippen LogP contribution in [-0.4, -0.2) is 48.8 Å². The van der Waals surface area contributed by atoms with E-state index < -0.39 is 11.6 Å². The van der Waals surface area contributed by atoms with Gasteiger partial charge >= 0.3 is 17.9 Å². The van der Waals surface area contributed by atoms with E-state index in [1.807, 2.05) is 0 Å². The Morgan fingerprint density at radius 2 is 1.49 bits per heavy atom. The van der Waals surface area contributed by atoms with Crippen molar-refractivity contribution in [1.29, 1.82) is 0 Å². The second-order valence-electron chi connectivity index (χ2n) is 15.8. The van der Waals surface area contributed by atoms with E-state index in [1.165, 1.54) is 21.0 Å². The zero-order valence-electron chi connectivity index (χ0n) is 28.1. The molecule has 0 bridgehead atoms. The summed E-state index contributed by atoms with van der Waals surface area (Å²) in [7, 11) is 1.43. The number of rotatable bonds is 6. The van der Waals surface area contributed by atoms with E-state index in [9.17, 15) is 14.4 Å². The van der Waals surface area contributed by atoms with Gasteiger partial charge < -0.3 is 14.2 Å². The number of hydrogen-bond donors (Lipinski definition) is 0. The molecule has 2 spiro atoms. The highest BCUT2D eigenvalue weighted by atomic mass is 17.4. The molecule has 0 N–H and O–H groups in total. The highest BCUT2D eigenvalue weighted by Gasteiger charge is 2.69. The number of esters is 3. The van der Waals surface area contributed by atoms with Gasteiger partial charge in [0, 0.05) is 57.3 Å². The predicted molar refractivity (Wildman–Crippen MR) is 160 cm³/mol. The molecule has 1 saturated heterocycles. The Morgan fingerprint density at radius 3 is 2.13 bits per heavy atom. The van der Waals surface area contributed by atoms with Crippen molar-refractivity contribution in [2.75, 3.05) is 7.11 Å². The molecule has 0 radical (unpaired) electrons. The largest absolute Gasteiger partial charge is 0.469 e. The minimum absolute atomic E-state index is 0.104. The third-order valence-corrected chi connectivity index (χ3v) is 13.5. The van der Waals surface area contributed by atoms with Gasteiger partial charge in [0.1, 0.15) is 12.2 Å². The van der Waals surface area contributed by atoms with E-state index in [4.69, 9.17) is 33.8 Å². The summed E-state index contributed by atoms with van der Waals surface area (Å²) in [6.45, 7) is 9.89. The molecular formula is C35H54O10. The number of fused-ring (bicyclic) bond motifs is 5. The standard InChI is InChI=1S/C35H54O10/c1-21(10-13-30(38)39-6)25-11-12-26-31-27(19-29(33(25,26)5)41-23(3)37)32(4)16-17-35(20-24(32)18-28(31)40-22(2)36)44-42-34(43-45-35)14-8-7-9-15-34/h21,24-29,31H,7-20H2,1-6H3/t21?,24-,25-,26?,27?,28?,29+,31?,32+,33-/m1/s1. The third kappa shape index (κ3) is 5.84. The fourth-order valence-corrected chi connectivity index (χ4v) is 11.1. The molecule has 1 aliphatic heterocycles. The van der Waals surface area contributed by atoms with Crippen LogP contribution in [0.1, 0.15) is 125 Å². The van der Waals surface area contributed by atoms with Crippen LogP contribution in [-0.2, 0) is 48.1 Å². The van der Waals surface area contributed by atoms with Crippen LogP contribution >= 0.6 is 0 Å². The van der Waals surface area contributed by atoms with Crippen molar-refractivity contribution in [2.45, 2.75) is 148 Å². The van der Waals surface area contributed by atoms with E-state index in [1.54, 1.807) is 0 Å². The van der Waals surface area contributed by atoms with Crippen LogP contribution in [0.25, 0.3) is 0 Å². The number of ether oxygens (including phenoxy) is 3. The summed E-state index contributed by atoms with van der Waals surface area (Å²) in [6.07, 6.45) is 10.7. The van der Waals surface area contributed by atoms with E-state index >= 15 is 0 Å². The maximum atomic E-state index is 12.6. The first-order valence-corrected chi connectivity index (χ1v) is 17.5. The molecule has 1 heterocycles. The van der Waals surface area contributed by atoms with Gasteiger partial charge in [0.2, 0.25) is 11.6 Å². The van der Waals surface area contributed by atoms with Crippen molar-refractivity contribution in [3.63, 3.8) is 0 Å². The summed E-state index contributed by atoms with van der Waals surface area (Å²) in [6, 6.07) is 0. The molecule has 45 heavy (non-hydrogen) atoms. The average molecular weight is 635 g/mol. The lowest BCUT2D eigenvalue weighted by molar-refractivity contribution is -0.665. The highest BCUT2D eigenvalue weighted by Crippen LogP contribution is 2.70. The fraction of sp³-hybridized carbons (Fsp3) is 0.914. The molecular weight excluding hydrogens is 580 g/mol. The second kappa shape index (κ2) is 12.4. The van der Waals surface area contributed by atoms with Crippen LogP contribution in [0.2, 0.25) is 0 Å². The van der Waals surface area contributed by atoms with Crippen LogP contribution < -0.4 is 0 Å². The number of carbonyl (C=O) groups excluding carboxylic acids is 3. The Labute approximate surface area is 267 Å². The molecule has 254 valence electrons. The van der Waals surface area contributed by atoms with Gasteiger partial charge in [0.25, 0.3) is 0 Å². The van der Waals surface area contributed by atoms with Gasteiger partial charge in [-0.1, -0.05) is 27.2 Å². The zero-order chi connectivity index (χ0) is 32.2. The van der Waals surface area contributed by atoms with E-state index in [2.05, 4.69) is 20.8 Å². The molecule has 0 amide bonds. The molecule has 6 fully saturated rings. The maximum Gasteiger partial charge on any atom is 0.305 e.